The zero-order chi connectivity index (χ0) is 14.5. The molecule has 20 heavy (non-hydrogen) atoms. The molecule has 2 aromatic rings. The Bertz CT molecular complexity index is 729. The summed E-state index contributed by atoms with van der Waals surface area (Å²) in [4.78, 5) is 0.845. The van der Waals surface area contributed by atoms with Gasteiger partial charge in [-0.1, -0.05) is 6.07 Å². The van der Waals surface area contributed by atoms with E-state index < -0.39 is 0 Å². The number of nitrogen functional groups attached to an aromatic ring is 1. The molecule has 5 heteroatoms. The van der Waals surface area contributed by atoms with Crippen LogP contribution in [0.15, 0.2) is 41.3 Å². The third-order valence-electron chi connectivity index (χ3n) is 2.68. The van der Waals surface area contributed by atoms with Crippen LogP contribution in [0.5, 0.6) is 11.5 Å². The average molecular weight is 281 g/mol. The van der Waals surface area contributed by atoms with Crippen LogP contribution in [0.4, 0.5) is 5.69 Å². The third-order valence-corrected chi connectivity index (χ3v) is 3.46. The van der Waals surface area contributed by atoms with Crippen molar-refractivity contribution < 1.29 is 4.74 Å². The number of ether oxygens (including phenoxy) is 1. The van der Waals surface area contributed by atoms with E-state index in [4.69, 9.17) is 15.7 Å². The highest BCUT2D eigenvalue weighted by molar-refractivity contribution is 7.98. The normalized spacial score (nSPS) is 9.55. The number of anilines is 1. The molecule has 0 heterocycles. The van der Waals surface area contributed by atoms with Gasteiger partial charge in [0.05, 0.1) is 17.3 Å². The molecular weight excluding hydrogens is 270 g/mol. The van der Waals surface area contributed by atoms with Crippen LogP contribution in [0.3, 0.4) is 0 Å². The van der Waals surface area contributed by atoms with Crippen LogP contribution in [0.2, 0.25) is 0 Å². The first-order valence-corrected chi connectivity index (χ1v) is 6.96. The summed E-state index contributed by atoms with van der Waals surface area (Å²) in [7, 11) is 0. The maximum Gasteiger partial charge on any atom is 0.150 e. The molecule has 0 amide bonds. The van der Waals surface area contributed by atoms with E-state index in [1.54, 1.807) is 24.3 Å². The third kappa shape index (κ3) is 2.69. The molecular formula is C15H11N3OS. The summed E-state index contributed by atoms with van der Waals surface area (Å²) in [6.45, 7) is 0. The lowest BCUT2D eigenvalue weighted by atomic mass is 10.2. The zero-order valence-corrected chi connectivity index (χ0v) is 11.6. The van der Waals surface area contributed by atoms with Crippen LogP contribution in [0.25, 0.3) is 0 Å². The number of thioether (sulfide) groups is 1. The molecule has 0 aromatic heterocycles. The summed E-state index contributed by atoms with van der Waals surface area (Å²) in [5, 5.41) is 18.0. The van der Waals surface area contributed by atoms with Crippen LogP contribution < -0.4 is 10.5 Å². The van der Waals surface area contributed by atoms with Gasteiger partial charge >= 0.3 is 0 Å². The second-order valence-corrected chi connectivity index (χ2v) is 4.76. The summed E-state index contributed by atoms with van der Waals surface area (Å²) >= 11 is 1.48. The lowest BCUT2D eigenvalue weighted by molar-refractivity contribution is 0.482. The van der Waals surface area contributed by atoms with E-state index in [9.17, 15) is 5.26 Å². The number of nitrogens with two attached hydrogens (primary N) is 1. The van der Waals surface area contributed by atoms with Gasteiger partial charge in [-0.05, 0) is 36.6 Å². The second-order valence-electron chi connectivity index (χ2n) is 3.91. The van der Waals surface area contributed by atoms with Crippen LogP contribution in [-0.2, 0) is 0 Å². The Morgan fingerprint density at radius 1 is 1.10 bits per heavy atom. The molecule has 0 spiro atoms. The molecule has 0 aliphatic rings. The number of hydrogen-bond acceptors (Lipinski definition) is 5. The van der Waals surface area contributed by atoms with Gasteiger partial charge in [-0.2, -0.15) is 10.5 Å². The van der Waals surface area contributed by atoms with Gasteiger partial charge in [0.2, 0.25) is 0 Å². The quantitative estimate of drug-likeness (QED) is 0.687. The highest BCUT2D eigenvalue weighted by atomic mass is 32.2. The van der Waals surface area contributed by atoms with Gasteiger partial charge in [0.1, 0.15) is 23.1 Å². The molecule has 0 unspecified atom stereocenters. The first-order chi connectivity index (χ1) is 9.69. The molecule has 0 radical (unpaired) electrons. The zero-order valence-electron chi connectivity index (χ0n) is 10.8. The van der Waals surface area contributed by atoms with E-state index in [2.05, 4.69) is 6.07 Å². The molecule has 0 aliphatic heterocycles. The molecule has 0 fully saturated rings. The Labute approximate surface area is 121 Å². The van der Waals surface area contributed by atoms with Crippen molar-refractivity contribution in [2.75, 3.05) is 12.0 Å². The lowest BCUT2D eigenvalue weighted by Crippen LogP contribution is -1.95. The number of rotatable bonds is 3. The Morgan fingerprint density at radius 2 is 1.90 bits per heavy atom. The van der Waals surface area contributed by atoms with Crippen molar-refractivity contribution in [3.8, 4) is 23.6 Å². The lowest BCUT2D eigenvalue weighted by Gasteiger charge is -2.11. The fourth-order valence-corrected chi connectivity index (χ4v) is 2.27. The Hall–Kier alpha value is -2.63. The van der Waals surface area contributed by atoms with Crippen molar-refractivity contribution in [3.05, 3.63) is 47.5 Å². The van der Waals surface area contributed by atoms with Gasteiger partial charge in [-0.15, -0.1) is 11.8 Å². The van der Waals surface area contributed by atoms with E-state index in [1.165, 1.54) is 11.8 Å². The minimum Gasteiger partial charge on any atom is -0.454 e. The summed E-state index contributed by atoms with van der Waals surface area (Å²) in [6, 6.07) is 14.3. The van der Waals surface area contributed by atoms with Crippen molar-refractivity contribution in [1.82, 2.24) is 0 Å². The Balaban J connectivity index is 2.41. The van der Waals surface area contributed by atoms with Crippen LogP contribution in [0, 0.1) is 22.7 Å². The average Bonchev–Trinajstić information content (AvgIpc) is 2.48. The maximum absolute atomic E-state index is 9.24. The first kappa shape index (κ1) is 13.8. The van der Waals surface area contributed by atoms with Crippen LogP contribution >= 0.6 is 11.8 Å². The van der Waals surface area contributed by atoms with Gasteiger partial charge in [-0.25, -0.2) is 0 Å². The predicted molar refractivity (Wildman–Crippen MR) is 78.6 cm³/mol. The molecule has 0 saturated heterocycles. The van der Waals surface area contributed by atoms with Crippen molar-refractivity contribution in [1.29, 1.82) is 10.5 Å². The van der Waals surface area contributed by atoms with Gasteiger partial charge in [-0.3, -0.25) is 0 Å². The number of nitrogens with zero attached hydrogens (tertiary/aromatic N) is 2. The molecule has 0 bridgehead atoms. The van der Waals surface area contributed by atoms with Crippen molar-refractivity contribution in [2.45, 2.75) is 4.90 Å². The fraction of sp³-hybridized carbons (Fsp3) is 0.0667. The van der Waals surface area contributed by atoms with Crippen LogP contribution in [0.1, 0.15) is 11.1 Å². The van der Waals surface area contributed by atoms with E-state index in [0.717, 1.165) is 4.90 Å². The predicted octanol–water partition coefficient (Wildman–Crippen LogP) is 3.53. The van der Waals surface area contributed by atoms with Gasteiger partial charge in [0, 0.05) is 4.90 Å². The number of nitriles is 2. The Morgan fingerprint density at radius 3 is 2.50 bits per heavy atom. The largest absolute Gasteiger partial charge is 0.454 e. The second kappa shape index (κ2) is 6.01. The van der Waals surface area contributed by atoms with E-state index >= 15 is 0 Å². The molecule has 4 nitrogen and oxygen atoms in total. The summed E-state index contributed by atoms with van der Waals surface area (Å²) in [6.07, 6.45) is 1.90. The fourth-order valence-electron chi connectivity index (χ4n) is 1.71. The highest BCUT2D eigenvalue weighted by Crippen LogP contribution is 2.33. The molecule has 2 rings (SSSR count). The van der Waals surface area contributed by atoms with E-state index in [0.29, 0.717) is 28.3 Å². The van der Waals surface area contributed by atoms with Gasteiger partial charge < -0.3 is 10.5 Å². The van der Waals surface area contributed by atoms with E-state index in [-0.39, 0.29) is 0 Å². The summed E-state index contributed by atoms with van der Waals surface area (Å²) in [5.74, 6) is 0.884. The van der Waals surface area contributed by atoms with Gasteiger partial charge in [0.15, 0.2) is 0 Å². The number of hydrogen-bond donors (Lipinski definition) is 1. The first-order valence-electron chi connectivity index (χ1n) is 5.74. The van der Waals surface area contributed by atoms with Crippen molar-refractivity contribution in [3.63, 3.8) is 0 Å². The molecule has 2 N–H and O–H groups in total. The van der Waals surface area contributed by atoms with Gasteiger partial charge in [0.25, 0.3) is 0 Å². The number of benzene rings is 2. The Kier molecular flexibility index (Phi) is 4.14. The maximum atomic E-state index is 9.24. The summed E-state index contributed by atoms with van der Waals surface area (Å²) in [5.41, 5.74) is 7.15. The monoisotopic (exact) mass is 281 g/mol. The minimum absolute atomic E-state index is 0.363. The highest BCUT2D eigenvalue weighted by Gasteiger charge is 2.11. The van der Waals surface area contributed by atoms with Crippen molar-refractivity contribution >= 4 is 17.4 Å². The van der Waals surface area contributed by atoms with Crippen molar-refractivity contribution in [2.24, 2.45) is 0 Å². The molecule has 0 saturated carbocycles. The molecule has 2 aromatic carbocycles. The molecule has 98 valence electrons. The molecule has 0 atom stereocenters. The minimum atomic E-state index is 0.363. The molecule has 0 aliphatic carbocycles. The summed E-state index contributed by atoms with van der Waals surface area (Å²) < 4.78 is 5.70. The van der Waals surface area contributed by atoms with E-state index in [1.807, 2.05) is 24.5 Å². The van der Waals surface area contributed by atoms with Crippen LogP contribution in [-0.4, -0.2) is 6.26 Å². The topological polar surface area (TPSA) is 82.8 Å². The SMILES string of the molecule is CSc1cccc(Oc2ccc(C#N)cc2N)c1C#N. The smallest absolute Gasteiger partial charge is 0.150 e. The standard InChI is InChI=1S/C15H11N3OS/c1-20-15-4-2-3-13(11(15)9-17)19-14-6-5-10(8-16)7-12(14)18/h2-7H,18H2,1H3.